The van der Waals surface area contributed by atoms with Crippen molar-refractivity contribution in [3.63, 3.8) is 0 Å². The smallest absolute Gasteiger partial charge is 0.260 e. The van der Waals surface area contributed by atoms with Crippen molar-refractivity contribution in [2.24, 2.45) is 0 Å². The molecule has 0 spiro atoms. The Morgan fingerprint density at radius 2 is 2.29 bits per heavy atom. The molecule has 0 radical (unpaired) electrons. The minimum Gasteiger partial charge on any atom is -0.433 e. The summed E-state index contributed by atoms with van der Waals surface area (Å²) in [4.78, 5) is 7.59. The van der Waals surface area contributed by atoms with Crippen LogP contribution in [0, 0.1) is 5.82 Å². The summed E-state index contributed by atoms with van der Waals surface area (Å²) in [6.07, 6.45) is 4.23. The van der Waals surface area contributed by atoms with Gasteiger partial charge in [0.1, 0.15) is 0 Å². The van der Waals surface area contributed by atoms with E-state index in [2.05, 4.69) is 20.4 Å². The maximum atomic E-state index is 13.4. The molecule has 0 aliphatic rings. The van der Waals surface area contributed by atoms with E-state index in [1.807, 2.05) is 6.92 Å². The summed E-state index contributed by atoms with van der Waals surface area (Å²) in [6.45, 7) is 2.67. The average Bonchev–Trinajstić information content (AvgIpc) is 2.80. The molecule has 0 aliphatic heterocycles. The van der Waals surface area contributed by atoms with Gasteiger partial charge in [0.25, 0.3) is 5.88 Å². The number of anilines is 1. The lowest BCUT2D eigenvalue weighted by molar-refractivity contribution is 0.420. The third-order valence-electron chi connectivity index (χ3n) is 2.08. The normalized spacial score (nSPS) is 10.3. The number of ether oxygens (including phenoxy) is 1. The molecule has 0 saturated heterocycles. The van der Waals surface area contributed by atoms with E-state index < -0.39 is 5.82 Å². The maximum Gasteiger partial charge on any atom is 0.260 e. The van der Waals surface area contributed by atoms with Gasteiger partial charge in [-0.3, -0.25) is 4.68 Å². The van der Waals surface area contributed by atoms with Crippen LogP contribution in [0.1, 0.15) is 6.92 Å². The lowest BCUT2D eigenvalue weighted by Gasteiger charge is -2.04. The number of nitrogens with one attached hydrogen (secondary N) is 1. The largest absolute Gasteiger partial charge is 0.433 e. The zero-order valence-corrected chi connectivity index (χ0v) is 9.51. The van der Waals surface area contributed by atoms with E-state index in [1.165, 1.54) is 6.20 Å². The molecule has 7 heteroatoms. The summed E-state index contributed by atoms with van der Waals surface area (Å²) in [5.74, 6) is -0.0102. The highest BCUT2D eigenvalue weighted by Gasteiger charge is 2.09. The first-order chi connectivity index (χ1) is 8.22. The molecule has 0 saturated carbocycles. The maximum absolute atomic E-state index is 13.4. The highest BCUT2D eigenvalue weighted by atomic mass is 19.1. The van der Waals surface area contributed by atoms with E-state index in [0.29, 0.717) is 11.7 Å². The Balaban J connectivity index is 2.22. The number of rotatable bonds is 4. The van der Waals surface area contributed by atoms with Crippen LogP contribution in [0.15, 0.2) is 18.6 Å². The lowest BCUT2D eigenvalue weighted by Crippen LogP contribution is -2.00. The van der Waals surface area contributed by atoms with E-state index >= 15 is 0 Å². The molecule has 0 atom stereocenters. The van der Waals surface area contributed by atoms with Crippen LogP contribution in [0.4, 0.5) is 10.3 Å². The van der Waals surface area contributed by atoms with Crippen LogP contribution in [0.3, 0.4) is 0 Å². The predicted molar refractivity (Wildman–Crippen MR) is 59.5 cm³/mol. The number of aromatic nitrogens is 4. The Labute approximate surface area is 97.5 Å². The first-order valence-corrected chi connectivity index (χ1v) is 5.13. The van der Waals surface area contributed by atoms with Crippen molar-refractivity contribution >= 4 is 5.95 Å². The summed E-state index contributed by atoms with van der Waals surface area (Å²) in [5.41, 5.74) is 0. The van der Waals surface area contributed by atoms with Crippen LogP contribution in [0.2, 0.25) is 0 Å². The zero-order valence-electron chi connectivity index (χ0n) is 9.51. The van der Waals surface area contributed by atoms with Crippen molar-refractivity contribution in [3.05, 3.63) is 24.4 Å². The summed E-state index contributed by atoms with van der Waals surface area (Å²) < 4.78 is 20.3. The van der Waals surface area contributed by atoms with Gasteiger partial charge in [0.2, 0.25) is 11.8 Å². The quantitative estimate of drug-likeness (QED) is 0.876. The highest BCUT2D eigenvalue weighted by Crippen LogP contribution is 2.22. The third kappa shape index (κ3) is 2.49. The molecule has 0 fully saturated rings. The topological polar surface area (TPSA) is 64.9 Å². The fourth-order valence-corrected chi connectivity index (χ4v) is 1.23. The van der Waals surface area contributed by atoms with Crippen molar-refractivity contribution in [1.82, 2.24) is 19.7 Å². The minimum absolute atomic E-state index is 0.125. The number of halogens is 1. The van der Waals surface area contributed by atoms with Gasteiger partial charge in [0, 0.05) is 13.6 Å². The molecule has 0 bridgehead atoms. The van der Waals surface area contributed by atoms with Crippen molar-refractivity contribution in [3.8, 4) is 11.6 Å². The van der Waals surface area contributed by atoms with E-state index in [9.17, 15) is 4.39 Å². The molecule has 0 aliphatic carbocycles. The standard InChI is InChI=1S/C10H12FN5O/c1-3-16-6-7(4-14-16)17-9-8(11)5-13-10(12-2)15-9/h4-6H,3H2,1-2H3,(H,12,13,15). The summed E-state index contributed by atoms with van der Waals surface area (Å²) >= 11 is 0. The van der Waals surface area contributed by atoms with Gasteiger partial charge in [-0.2, -0.15) is 14.5 Å². The number of nitrogens with zero attached hydrogens (tertiary/aromatic N) is 4. The van der Waals surface area contributed by atoms with Crippen molar-refractivity contribution in [2.45, 2.75) is 13.5 Å². The average molecular weight is 237 g/mol. The second-order valence-electron chi connectivity index (χ2n) is 3.23. The molecule has 2 rings (SSSR count). The fraction of sp³-hybridized carbons (Fsp3) is 0.300. The SMILES string of the molecule is CCn1cc(Oc2nc(NC)ncc2F)cn1. The van der Waals surface area contributed by atoms with Gasteiger partial charge in [-0.1, -0.05) is 0 Å². The Bertz CT molecular complexity index is 513. The number of aryl methyl sites for hydroxylation is 1. The fourth-order valence-electron chi connectivity index (χ4n) is 1.23. The van der Waals surface area contributed by atoms with Crippen LogP contribution in [-0.4, -0.2) is 26.8 Å². The second kappa shape index (κ2) is 4.77. The summed E-state index contributed by atoms with van der Waals surface area (Å²) in [6, 6.07) is 0. The molecule has 2 aromatic rings. The van der Waals surface area contributed by atoms with Crippen LogP contribution < -0.4 is 10.1 Å². The van der Waals surface area contributed by atoms with E-state index in [-0.39, 0.29) is 5.88 Å². The summed E-state index contributed by atoms with van der Waals surface area (Å²) in [7, 11) is 1.64. The minimum atomic E-state index is -0.617. The summed E-state index contributed by atoms with van der Waals surface area (Å²) in [5, 5.41) is 6.72. The van der Waals surface area contributed by atoms with Gasteiger partial charge in [-0.25, -0.2) is 4.98 Å². The first kappa shape index (κ1) is 11.3. The first-order valence-electron chi connectivity index (χ1n) is 5.13. The Hall–Kier alpha value is -2.18. The predicted octanol–water partition coefficient (Wildman–Crippen LogP) is 1.67. The van der Waals surface area contributed by atoms with E-state index in [0.717, 1.165) is 12.7 Å². The van der Waals surface area contributed by atoms with Gasteiger partial charge in [-0.15, -0.1) is 0 Å². The molecule has 0 aromatic carbocycles. The van der Waals surface area contributed by atoms with Gasteiger partial charge in [-0.05, 0) is 6.92 Å². The Morgan fingerprint density at radius 3 is 2.94 bits per heavy atom. The van der Waals surface area contributed by atoms with Gasteiger partial charge in [0.05, 0.1) is 18.6 Å². The molecule has 90 valence electrons. The molecule has 2 heterocycles. The highest BCUT2D eigenvalue weighted by molar-refractivity contribution is 5.30. The molecular formula is C10H12FN5O. The van der Waals surface area contributed by atoms with Crippen molar-refractivity contribution in [1.29, 1.82) is 0 Å². The molecule has 2 aromatic heterocycles. The van der Waals surface area contributed by atoms with Crippen molar-refractivity contribution < 1.29 is 9.13 Å². The number of hydrogen-bond donors (Lipinski definition) is 1. The Kier molecular flexibility index (Phi) is 3.17. The van der Waals surface area contributed by atoms with Crippen LogP contribution in [0.5, 0.6) is 11.6 Å². The van der Waals surface area contributed by atoms with Gasteiger partial charge in [0.15, 0.2) is 5.75 Å². The van der Waals surface area contributed by atoms with Gasteiger partial charge >= 0.3 is 0 Å². The third-order valence-corrected chi connectivity index (χ3v) is 2.08. The molecule has 6 nitrogen and oxygen atoms in total. The molecule has 0 amide bonds. The lowest BCUT2D eigenvalue weighted by atomic mass is 10.5. The number of hydrogen-bond acceptors (Lipinski definition) is 5. The van der Waals surface area contributed by atoms with Crippen molar-refractivity contribution in [2.75, 3.05) is 12.4 Å². The monoisotopic (exact) mass is 237 g/mol. The van der Waals surface area contributed by atoms with Crippen LogP contribution in [-0.2, 0) is 6.54 Å². The van der Waals surface area contributed by atoms with E-state index in [4.69, 9.17) is 4.74 Å². The van der Waals surface area contributed by atoms with E-state index in [1.54, 1.807) is 17.9 Å². The molecule has 17 heavy (non-hydrogen) atoms. The second-order valence-corrected chi connectivity index (χ2v) is 3.23. The molecular weight excluding hydrogens is 225 g/mol. The van der Waals surface area contributed by atoms with Gasteiger partial charge < -0.3 is 10.1 Å². The molecule has 1 N–H and O–H groups in total. The van der Waals surface area contributed by atoms with Crippen LogP contribution in [0.25, 0.3) is 0 Å². The Morgan fingerprint density at radius 1 is 1.47 bits per heavy atom. The molecule has 0 unspecified atom stereocenters. The van der Waals surface area contributed by atoms with Crippen LogP contribution >= 0.6 is 0 Å². The zero-order chi connectivity index (χ0) is 12.3.